The number of pyridine rings is 1. The Bertz CT molecular complexity index is 1190. The molecule has 34 heavy (non-hydrogen) atoms. The maximum atomic E-state index is 15.2. The van der Waals surface area contributed by atoms with E-state index in [4.69, 9.17) is 0 Å². The van der Waals surface area contributed by atoms with Crippen LogP contribution in [0.1, 0.15) is 25.3 Å². The zero-order chi connectivity index (χ0) is 25.7. The minimum absolute atomic E-state index is 0.0709. The lowest BCUT2D eigenvalue weighted by Crippen LogP contribution is -2.54. The van der Waals surface area contributed by atoms with Crippen LogP contribution in [0.4, 0.5) is 36.4 Å². The van der Waals surface area contributed by atoms with E-state index in [9.17, 15) is 44.7 Å². The van der Waals surface area contributed by atoms with Crippen LogP contribution < -0.4 is 5.32 Å². The number of nitrogens with zero attached hydrogens (tertiary/aromatic N) is 1. The SMILES string of the molecule is CC(=O)Nc1ccc(C(O)(C(F)(F)F)C(F)(F)F)c(-c2ccc(S(=O)(=O)CC3CC3)nc2)c1F. The van der Waals surface area contributed by atoms with Crippen molar-refractivity contribution in [1.82, 2.24) is 4.98 Å². The number of nitrogens with one attached hydrogen (secondary N) is 1. The molecule has 2 N–H and O–H groups in total. The van der Waals surface area contributed by atoms with Crippen molar-refractivity contribution in [3.8, 4) is 11.1 Å². The summed E-state index contributed by atoms with van der Waals surface area (Å²) in [5.74, 6) is -2.90. The Kier molecular flexibility index (Phi) is 6.46. The zero-order valence-corrected chi connectivity index (χ0v) is 18.1. The van der Waals surface area contributed by atoms with Crippen molar-refractivity contribution >= 4 is 21.4 Å². The molecule has 1 aromatic heterocycles. The number of rotatable bonds is 6. The van der Waals surface area contributed by atoms with Gasteiger partial charge in [0.15, 0.2) is 20.7 Å². The molecule has 1 heterocycles. The van der Waals surface area contributed by atoms with Crippen LogP contribution in [0.3, 0.4) is 0 Å². The number of hydrogen-bond donors (Lipinski definition) is 2. The summed E-state index contributed by atoms with van der Waals surface area (Å²) in [6.07, 6.45) is -10.7. The summed E-state index contributed by atoms with van der Waals surface area (Å²) in [5.41, 5.74) is -10.2. The number of anilines is 1. The predicted molar refractivity (Wildman–Crippen MR) is 105 cm³/mol. The second kappa shape index (κ2) is 8.48. The van der Waals surface area contributed by atoms with Crippen LogP contribution in [-0.4, -0.2) is 42.5 Å². The van der Waals surface area contributed by atoms with Gasteiger partial charge in [0.05, 0.1) is 11.4 Å². The fourth-order valence-electron chi connectivity index (χ4n) is 3.30. The number of hydrogen-bond acceptors (Lipinski definition) is 5. The summed E-state index contributed by atoms with van der Waals surface area (Å²) in [7, 11) is -3.89. The van der Waals surface area contributed by atoms with Crippen LogP contribution in [0.15, 0.2) is 35.5 Å². The minimum Gasteiger partial charge on any atom is -0.369 e. The number of benzene rings is 1. The number of amides is 1. The lowest BCUT2D eigenvalue weighted by molar-refractivity contribution is -0.376. The molecule has 1 aliphatic carbocycles. The van der Waals surface area contributed by atoms with Crippen molar-refractivity contribution in [3.63, 3.8) is 0 Å². The quantitative estimate of drug-likeness (QED) is 0.560. The molecule has 2 aromatic rings. The highest BCUT2D eigenvalue weighted by Crippen LogP contribution is 2.53. The summed E-state index contributed by atoms with van der Waals surface area (Å²) in [5, 5.41) is 11.3. The van der Waals surface area contributed by atoms with Gasteiger partial charge in [0.1, 0.15) is 0 Å². The third-order valence-corrected chi connectivity index (χ3v) is 6.95. The number of alkyl halides is 6. The summed E-state index contributed by atoms with van der Waals surface area (Å²) < 4.78 is 121. The first-order valence-electron chi connectivity index (χ1n) is 9.64. The van der Waals surface area contributed by atoms with Crippen LogP contribution in [-0.2, 0) is 20.2 Å². The van der Waals surface area contributed by atoms with Gasteiger partial charge in [-0.15, -0.1) is 0 Å². The monoisotopic (exact) mass is 514 g/mol. The van der Waals surface area contributed by atoms with E-state index in [0.29, 0.717) is 25.1 Å². The lowest BCUT2D eigenvalue weighted by Gasteiger charge is -2.34. The van der Waals surface area contributed by atoms with Gasteiger partial charge < -0.3 is 10.4 Å². The Labute approximate surface area is 188 Å². The van der Waals surface area contributed by atoms with E-state index in [2.05, 4.69) is 4.98 Å². The molecule has 0 radical (unpaired) electrons. The number of aliphatic hydroxyl groups is 1. The normalized spacial score (nSPS) is 15.3. The molecular formula is C20H17F7N2O4S. The first-order chi connectivity index (χ1) is 15.5. The van der Waals surface area contributed by atoms with E-state index in [1.54, 1.807) is 0 Å². The molecule has 186 valence electrons. The third kappa shape index (κ3) is 4.73. The highest BCUT2D eigenvalue weighted by molar-refractivity contribution is 7.91. The molecule has 1 amide bonds. The number of halogens is 7. The van der Waals surface area contributed by atoms with Gasteiger partial charge in [-0.1, -0.05) is 6.07 Å². The van der Waals surface area contributed by atoms with Crippen LogP contribution >= 0.6 is 0 Å². The number of carbonyl (C=O) groups is 1. The van der Waals surface area contributed by atoms with E-state index in [1.807, 2.05) is 5.32 Å². The summed E-state index contributed by atoms with van der Waals surface area (Å²) >= 11 is 0. The van der Waals surface area contributed by atoms with Crippen molar-refractivity contribution in [2.75, 3.05) is 11.1 Å². The molecule has 3 rings (SSSR count). The first-order valence-corrected chi connectivity index (χ1v) is 11.3. The molecule has 0 atom stereocenters. The van der Waals surface area contributed by atoms with Crippen LogP contribution in [0.25, 0.3) is 11.1 Å². The largest absolute Gasteiger partial charge is 0.430 e. The molecule has 1 saturated carbocycles. The van der Waals surface area contributed by atoms with Crippen molar-refractivity contribution in [3.05, 3.63) is 41.8 Å². The second-order valence-corrected chi connectivity index (χ2v) is 9.83. The summed E-state index contributed by atoms with van der Waals surface area (Å²) in [6, 6.07) is 2.23. The molecule has 1 aliphatic rings. The van der Waals surface area contributed by atoms with Gasteiger partial charge in [-0.05, 0) is 37.0 Å². The summed E-state index contributed by atoms with van der Waals surface area (Å²) in [6.45, 7) is 0.926. The average Bonchev–Trinajstić information content (AvgIpc) is 3.50. The smallest absolute Gasteiger partial charge is 0.369 e. The molecular weight excluding hydrogens is 497 g/mol. The molecule has 1 aromatic carbocycles. The molecule has 1 fully saturated rings. The van der Waals surface area contributed by atoms with Gasteiger partial charge in [-0.3, -0.25) is 4.79 Å². The first kappa shape index (κ1) is 25.9. The van der Waals surface area contributed by atoms with Gasteiger partial charge >= 0.3 is 12.4 Å². The molecule has 6 nitrogen and oxygen atoms in total. The lowest BCUT2D eigenvalue weighted by atomic mass is 9.85. The topological polar surface area (TPSA) is 96.4 Å². The van der Waals surface area contributed by atoms with Gasteiger partial charge in [0.2, 0.25) is 5.91 Å². The fraction of sp³-hybridized carbons (Fsp3) is 0.400. The number of sulfone groups is 1. The van der Waals surface area contributed by atoms with Crippen molar-refractivity contribution < 1.29 is 49.1 Å². The second-order valence-electron chi connectivity index (χ2n) is 7.85. The Balaban J connectivity index is 2.24. The van der Waals surface area contributed by atoms with Crippen molar-refractivity contribution in [2.45, 2.75) is 42.7 Å². The highest BCUT2D eigenvalue weighted by atomic mass is 32.2. The average molecular weight is 514 g/mol. The van der Waals surface area contributed by atoms with E-state index < -0.39 is 66.9 Å². The Morgan fingerprint density at radius 2 is 1.68 bits per heavy atom. The molecule has 0 spiro atoms. The third-order valence-electron chi connectivity index (χ3n) is 5.16. The van der Waals surface area contributed by atoms with Crippen LogP contribution in [0.2, 0.25) is 0 Å². The maximum absolute atomic E-state index is 15.2. The predicted octanol–water partition coefficient (Wildman–Crippen LogP) is 4.34. The van der Waals surface area contributed by atoms with Gasteiger partial charge in [-0.25, -0.2) is 17.8 Å². The van der Waals surface area contributed by atoms with Crippen molar-refractivity contribution in [1.29, 1.82) is 0 Å². The van der Waals surface area contributed by atoms with Crippen LogP contribution in [0.5, 0.6) is 0 Å². The molecule has 0 unspecified atom stereocenters. The molecule has 14 heteroatoms. The van der Waals surface area contributed by atoms with E-state index in [1.165, 1.54) is 0 Å². The van der Waals surface area contributed by atoms with E-state index in [-0.39, 0.29) is 17.7 Å². The Hall–Kier alpha value is -2.74. The van der Waals surface area contributed by atoms with Gasteiger partial charge in [-0.2, -0.15) is 26.3 Å². The van der Waals surface area contributed by atoms with Crippen LogP contribution in [0, 0.1) is 11.7 Å². The maximum Gasteiger partial charge on any atom is 0.430 e. The van der Waals surface area contributed by atoms with Gasteiger partial charge in [0.25, 0.3) is 5.60 Å². The van der Waals surface area contributed by atoms with E-state index >= 15 is 4.39 Å². The molecule has 0 bridgehead atoms. The Morgan fingerprint density at radius 1 is 1.09 bits per heavy atom. The zero-order valence-electron chi connectivity index (χ0n) is 17.3. The Morgan fingerprint density at radius 3 is 2.12 bits per heavy atom. The summed E-state index contributed by atoms with van der Waals surface area (Å²) in [4.78, 5) is 14.9. The highest BCUT2D eigenvalue weighted by Gasteiger charge is 2.72. The standard InChI is InChI=1S/C20H17F7N2O4S/c1-10(30)29-14-6-5-13(18(31,19(22,23)24)20(25,26)27)16(17(14)21)12-4-7-15(28-8-12)34(32,33)9-11-2-3-11/h4-8,11,31H,2-3,9H2,1H3,(H,29,30). The molecule has 0 aliphatic heterocycles. The fourth-order valence-corrected chi connectivity index (χ4v) is 4.92. The van der Waals surface area contributed by atoms with Gasteiger partial charge in [0, 0.05) is 29.8 Å². The van der Waals surface area contributed by atoms with E-state index in [0.717, 1.165) is 19.1 Å². The number of aromatic nitrogens is 1. The van der Waals surface area contributed by atoms with Crippen molar-refractivity contribution in [2.24, 2.45) is 5.92 Å². The number of carbonyl (C=O) groups excluding carboxylic acids is 1. The minimum atomic E-state index is -6.32. The molecule has 0 saturated heterocycles.